The van der Waals surface area contributed by atoms with Gasteiger partial charge in [-0.3, -0.25) is 4.79 Å². The van der Waals surface area contributed by atoms with Crippen LogP contribution in [-0.2, 0) is 19.6 Å². The van der Waals surface area contributed by atoms with Crippen molar-refractivity contribution in [3.63, 3.8) is 0 Å². The van der Waals surface area contributed by atoms with Crippen molar-refractivity contribution in [2.45, 2.75) is 75.3 Å². The molecule has 1 N–H and O–H groups in total. The Kier molecular flexibility index (Phi) is 4.49. The van der Waals surface area contributed by atoms with Crippen molar-refractivity contribution in [2.75, 3.05) is 6.61 Å². The van der Waals surface area contributed by atoms with Crippen LogP contribution in [0.5, 0.6) is 0 Å². The van der Waals surface area contributed by atoms with Gasteiger partial charge >= 0.3 is 5.97 Å². The van der Waals surface area contributed by atoms with E-state index >= 15 is 0 Å². The molecule has 6 nitrogen and oxygen atoms in total. The first-order valence-electron chi connectivity index (χ1n) is 8.28. The fourth-order valence-electron chi connectivity index (χ4n) is 4.40. The quantitative estimate of drug-likeness (QED) is 0.849. The van der Waals surface area contributed by atoms with E-state index in [-0.39, 0.29) is 18.1 Å². The number of carboxylic acids is 1. The first-order chi connectivity index (χ1) is 10.4. The van der Waals surface area contributed by atoms with Crippen molar-refractivity contribution in [1.82, 2.24) is 4.31 Å². The first kappa shape index (κ1) is 16.2. The molecule has 0 radical (unpaired) electrons. The Morgan fingerprint density at radius 2 is 1.91 bits per heavy atom. The Morgan fingerprint density at radius 3 is 2.59 bits per heavy atom. The molecule has 126 valence electrons. The summed E-state index contributed by atoms with van der Waals surface area (Å²) < 4.78 is 33.0. The Hall–Kier alpha value is -0.660. The zero-order valence-corrected chi connectivity index (χ0v) is 13.8. The lowest BCUT2D eigenvalue weighted by molar-refractivity contribution is -0.141. The molecule has 22 heavy (non-hydrogen) atoms. The smallest absolute Gasteiger partial charge is 0.322 e. The number of hydrogen-bond donors (Lipinski definition) is 1. The number of aliphatic carboxylic acids is 1. The van der Waals surface area contributed by atoms with Crippen LogP contribution in [0, 0.1) is 5.92 Å². The number of ether oxygens (including phenoxy) is 1. The molecule has 7 heteroatoms. The number of rotatable bonds is 3. The fourth-order valence-corrected chi connectivity index (χ4v) is 6.83. The monoisotopic (exact) mass is 331 g/mol. The van der Waals surface area contributed by atoms with Crippen LogP contribution in [0.1, 0.15) is 51.9 Å². The zero-order valence-electron chi connectivity index (χ0n) is 13.0. The maximum absolute atomic E-state index is 13.1. The Bertz CT molecular complexity index is 534. The van der Waals surface area contributed by atoms with Crippen LogP contribution in [-0.4, -0.2) is 53.8 Å². The van der Waals surface area contributed by atoms with E-state index in [0.29, 0.717) is 25.9 Å². The highest BCUT2D eigenvalue weighted by Crippen LogP contribution is 2.43. The van der Waals surface area contributed by atoms with Crippen LogP contribution in [0.3, 0.4) is 0 Å². The number of fused-ring (bicyclic) bond motifs is 1. The summed E-state index contributed by atoms with van der Waals surface area (Å²) in [5.74, 6) is -0.792. The summed E-state index contributed by atoms with van der Waals surface area (Å²) in [6, 6.07) is -0.991. The van der Waals surface area contributed by atoms with E-state index in [1.807, 2.05) is 6.92 Å². The highest BCUT2D eigenvalue weighted by Gasteiger charge is 2.52. The van der Waals surface area contributed by atoms with E-state index in [2.05, 4.69) is 0 Å². The van der Waals surface area contributed by atoms with E-state index in [1.54, 1.807) is 0 Å². The topological polar surface area (TPSA) is 83.9 Å². The van der Waals surface area contributed by atoms with E-state index in [9.17, 15) is 18.3 Å². The van der Waals surface area contributed by atoms with Gasteiger partial charge in [-0.15, -0.1) is 0 Å². The van der Waals surface area contributed by atoms with Gasteiger partial charge in [0, 0.05) is 12.6 Å². The average molecular weight is 331 g/mol. The van der Waals surface area contributed by atoms with Gasteiger partial charge in [-0.2, -0.15) is 4.31 Å². The molecule has 3 aliphatic rings. The summed E-state index contributed by atoms with van der Waals surface area (Å²) in [6.45, 7) is 2.31. The minimum absolute atomic E-state index is 0.0819. The predicted molar refractivity (Wildman–Crippen MR) is 81.0 cm³/mol. The standard InChI is InChI=1S/C15H25NO5S/c1-10-8-12(6-7-21-10)22(19,20)16-13-5-3-2-4-11(13)9-14(16)15(17)18/h10-14H,2-9H2,1H3,(H,17,18). The van der Waals surface area contributed by atoms with Gasteiger partial charge in [-0.1, -0.05) is 12.8 Å². The minimum atomic E-state index is -3.59. The Labute approximate surface area is 131 Å². The summed E-state index contributed by atoms with van der Waals surface area (Å²) in [7, 11) is -3.59. The van der Waals surface area contributed by atoms with Crippen LogP contribution >= 0.6 is 0 Å². The highest BCUT2D eigenvalue weighted by atomic mass is 32.2. The molecule has 2 heterocycles. The molecule has 2 saturated heterocycles. The minimum Gasteiger partial charge on any atom is -0.480 e. The van der Waals surface area contributed by atoms with E-state index < -0.39 is 27.3 Å². The van der Waals surface area contributed by atoms with E-state index in [1.165, 1.54) is 4.31 Å². The van der Waals surface area contributed by atoms with Gasteiger partial charge < -0.3 is 9.84 Å². The first-order valence-corrected chi connectivity index (χ1v) is 9.78. The van der Waals surface area contributed by atoms with Gasteiger partial charge in [0.05, 0.1) is 11.4 Å². The number of sulfonamides is 1. The fraction of sp³-hybridized carbons (Fsp3) is 0.933. The van der Waals surface area contributed by atoms with E-state index in [4.69, 9.17) is 4.74 Å². The second kappa shape index (κ2) is 6.09. The van der Waals surface area contributed by atoms with Gasteiger partial charge in [0.25, 0.3) is 0 Å². The Morgan fingerprint density at radius 1 is 1.18 bits per heavy atom. The van der Waals surface area contributed by atoms with Gasteiger partial charge in [0.2, 0.25) is 10.0 Å². The summed E-state index contributed by atoms with van der Waals surface area (Å²) in [6.07, 6.45) is 5.13. The summed E-state index contributed by atoms with van der Waals surface area (Å²) in [5.41, 5.74) is 0. The van der Waals surface area contributed by atoms with Gasteiger partial charge in [0.15, 0.2) is 0 Å². The van der Waals surface area contributed by atoms with Crippen LogP contribution in [0.15, 0.2) is 0 Å². The molecular weight excluding hydrogens is 306 g/mol. The van der Waals surface area contributed by atoms with Gasteiger partial charge in [-0.05, 0) is 44.9 Å². The molecule has 0 aromatic carbocycles. The number of nitrogens with zero attached hydrogens (tertiary/aromatic N) is 1. The molecule has 0 aromatic rings. The molecule has 0 amide bonds. The second-order valence-electron chi connectivity index (χ2n) is 6.90. The second-order valence-corrected chi connectivity index (χ2v) is 9.02. The highest BCUT2D eigenvalue weighted by molar-refractivity contribution is 7.89. The molecule has 1 saturated carbocycles. The maximum Gasteiger partial charge on any atom is 0.322 e. The number of hydrogen-bond acceptors (Lipinski definition) is 4. The van der Waals surface area contributed by atoms with Crippen molar-refractivity contribution in [3.8, 4) is 0 Å². The molecule has 0 bridgehead atoms. The van der Waals surface area contributed by atoms with Crippen LogP contribution in [0.25, 0.3) is 0 Å². The summed E-state index contributed by atoms with van der Waals surface area (Å²) in [5, 5.41) is 9.01. The van der Waals surface area contributed by atoms with Crippen molar-refractivity contribution < 1.29 is 23.1 Å². The molecule has 3 fully saturated rings. The van der Waals surface area contributed by atoms with E-state index in [0.717, 1.165) is 25.7 Å². The third-order valence-electron chi connectivity index (χ3n) is 5.47. The average Bonchev–Trinajstić information content (AvgIpc) is 2.87. The summed E-state index contributed by atoms with van der Waals surface area (Å²) >= 11 is 0. The third-order valence-corrected chi connectivity index (χ3v) is 7.85. The van der Waals surface area contributed by atoms with Crippen molar-refractivity contribution in [3.05, 3.63) is 0 Å². The van der Waals surface area contributed by atoms with Crippen molar-refractivity contribution in [1.29, 1.82) is 0 Å². The lowest BCUT2D eigenvalue weighted by atomic mass is 9.85. The van der Waals surface area contributed by atoms with Crippen LogP contribution < -0.4 is 0 Å². The SMILES string of the molecule is CC1CC(S(=O)(=O)N2C(C(=O)O)CC3CCCCC32)CCO1. The maximum atomic E-state index is 13.1. The predicted octanol–water partition coefficient (Wildman–Crippen LogP) is 1.60. The molecule has 5 unspecified atom stereocenters. The number of carbonyl (C=O) groups is 1. The molecule has 2 aliphatic heterocycles. The number of carboxylic acid groups (broad SMARTS) is 1. The Balaban J connectivity index is 1.89. The van der Waals surface area contributed by atoms with Gasteiger partial charge in [-0.25, -0.2) is 8.42 Å². The molecule has 0 spiro atoms. The van der Waals surface area contributed by atoms with Crippen molar-refractivity contribution in [2.24, 2.45) is 5.92 Å². The normalized spacial score (nSPS) is 40.3. The molecule has 1 aliphatic carbocycles. The lowest BCUT2D eigenvalue weighted by Gasteiger charge is -2.36. The molecule has 0 aromatic heterocycles. The third kappa shape index (κ3) is 2.78. The molecule has 3 rings (SSSR count). The lowest BCUT2D eigenvalue weighted by Crippen LogP contribution is -2.51. The largest absolute Gasteiger partial charge is 0.480 e. The molecular formula is C15H25NO5S. The van der Waals surface area contributed by atoms with Crippen LogP contribution in [0.4, 0.5) is 0 Å². The van der Waals surface area contributed by atoms with Crippen LogP contribution in [0.2, 0.25) is 0 Å². The van der Waals surface area contributed by atoms with Crippen molar-refractivity contribution >= 4 is 16.0 Å². The zero-order chi connectivity index (χ0) is 15.9. The summed E-state index contributed by atoms with van der Waals surface area (Å²) in [4.78, 5) is 11.6. The molecule has 5 atom stereocenters. The van der Waals surface area contributed by atoms with Gasteiger partial charge in [0.1, 0.15) is 6.04 Å².